The summed E-state index contributed by atoms with van der Waals surface area (Å²) >= 11 is 0. The summed E-state index contributed by atoms with van der Waals surface area (Å²) in [6, 6.07) is 0. The second kappa shape index (κ2) is 4.20. The van der Waals surface area contributed by atoms with E-state index in [0.717, 1.165) is 43.1 Å². The molecule has 8 aliphatic rings. The van der Waals surface area contributed by atoms with Crippen LogP contribution >= 0.6 is 0 Å². The van der Waals surface area contributed by atoms with Crippen LogP contribution in [0, 0.1) is 51.8 Å². The van der Waals surface area contributed by atoms with Crippen molar-refractivity contribution in [2.75, 3.05) is 6.61 Å². The number of rotatable bonds is 2. The molecule has 8 rings (SSSR count). The van der Waals surface area contributed by atoms with Crippen LogP contribution < -0.4 is 0 Å². The topological polar surface area (TPSA) is 29.5 Å². The minimum Gasteiger partial charge on any atom is -0.389 e. The van der Waals surface area contributed by atoms with Gasteiger partial charge in [0.15, 0.2) is 0 Å². The first-order valence-electron chi connectivity index (χ1n) is 12.5. The number of ether oxygens (including phenoxy) is 1. The third-order valence-electron chi connectivity index (χ3n) is 12.8. The monoisotopic (exact) mass is 368 g/mol. The summed E-state index contributed by atoms with van der Waals surface area (Å²) < 4.78 is 7.05. The van der Waals surface area contributed by atoms with Crippen LogP contribution in [0.4, 0.5) is 0 Å². The van der Waals surface area contributed by atoms with Crippen molar-refractivity contribution in [1.29, 1.82) is 0 Å². The molecule has 2 bridgehead atoms. The van der Waals surface area contributed by atoms with Crippen LogP contribution in [-0.2, 0) is 4.74 Å². The molecule has 6 unspecified atom stereocenters. The third-order valence-corrected chi connectivity index (χ3v) is 12.8. The Morgan fingerprint density at radius 2 is 1.44 bits per heavy atom. The fourth-order valence-corrected chi connectivity index (χ4v) is 13.6. The predicted octanol–water partition coefficient (Wildman–Crippen LogP) is 4.94. The summed E-state index contributed by atoms with van der Waals surface area (Å²) in [5.41, 5.74) is 1.09. The normalized spacial score (nSPS) is 67.8. The standard InChI is InChI=1S/C25H36O2/c1-2-8-24(26)19-15-17-18-16(21(15)9-3-4-10-21)20(19)25(13-5-6-14-27-25)23(18)12-7-11-22(17,23)24/h15-20,26H,2-14H2,1H3/t15-,16+,17?,18?,19-,20+,22?,23?,24?,25?/m1/s1. The summed E-state index contributed by atoms with van der Waals surface area (Å²) in [4.78, 5) is 0. The average molecular weight is 369 g/mol. The summed E-state index contributed by atoms with van der Waals surface area (Å²) in [5.74, 6) is 4.92. The van der Waals surface area contributed by atoms with Crippen LogP contribution in [0.15, 0.2) is 0 Å². The minimum atomic E-state index is -0.346. The molecule has 148 valence electrons. The predicted molar refractivity (Wildman–Crippen MR) is 103 cm³/mol. The molecule has 8 fully saturated rings. The smallest absolute Gasteiger partial charge is 0.0782 e. The molecule has 0 aromatic heterocycles. The van der Waals surface area contributed by atoms with Gasteiger partial charge in [0.25, 0.3) is 0 Å². The second-order valence-electron chi connectivity index (χ2n) is 12.3. The zero-order valence-corrected chi connectivity index (χ0v) is 17.0. The Hall–Kier alpha value is -0.0800. The third kappa shape index (κ3) is 1.07. The highest BCUT2D eigenvalue weighted by Crippen LogP contribution is 3.04. The quantitative estimate of drug-likeness (QED) is 0.748. The molecule has 4 spiro atoms. The van der Waals surface area contributed by atoms with E-state index in [4.69, 9.17) is 4.74 Å². The lowest BCUT2D eigenvalue weighted by Gasteiger charge is -2.73. The van der Waals surface area contributed by atoms with Crippen LogP contribution in [0.2, 0.25) is 0 Å². The van der Waals surface area contributed by atoms with Gasteiger partial charge in [0.2, 0.25) is 0 Å². The van der Waals surface area contributed by atoms with Gasteiger partial charge in [-0.25, -0.2) is 0 Å². The summed E-state index contributed by atoms with van der Waals surface area (Å²) in [7, 11) is 0. The molecular formula is C25H36O2. The van der Waals surface area contributed by atoms with E-state index in [-0.39, 0.29) is 16.6 Å². The number of aliphatic hydroxyl groups is 1. The molecule has 27 heavy (non-hydrogen) atoms. The molecule has 2 nitrogen and oxygen atoms in total. The number of fused-ring (bicyclic) bond motifs is 2. The van der Waals surface area contributed by atoms with Crippen LogP contribution in [0.3, 0.4) is 0 Å². The second-order valence-corrected chi connectivity index (χ2v) is 12.3. The summed E-state index contributed by atoms with van der Waals surface area (Å²) in [6.45, 7) is 3.33. The Kier molecular flexibility index (Phi) is 2.44. The van der Waals surface area contributed by atoms with Crippen molar-refractivity contribution in [3.63, 3.8) is 0 Å². The fourth-order valence-electron chi connectivity index (χ4n) is 13.6. The Morgan fingerprint density at radius 3 is 2.19 bits per heavy atom. The Bertz CT molecular complexity index is 733. The molecule has 0 aromatic rings. The zero-order valence-electron chi connectivity index (χ0n) is 17.0. The van der Waals surface area contributed by atoms with E-state index in [9.17, 15) is 5.11 Å². The first-order chi connectivity index (χ1) is 13.2. The van der Waals surface area contributed by atoms with Gasteiger partial charge in [-0.05, 0) is 92.3 Å². The molecule has 1 aliphatic heterocycles. The highest BCUT2D eigenvalue weighted by Gasteiger charge is 3.04. The van der Waals surface area contributed by atoms with Crippen molar-refractivity contribution in [3.05, 3.63) is 0 Å². The van der Waals surface area contributed by atoms with Gasteiger partial charge >= 0.3 is 0 Å². The Morgan fingerprint density at radius 1 is 0.741 bits per heavy atom. The highest BCUT2D eigenvalue weighted by atomic mass is 16.5. The van der Waals surface area contributed by atoms with Gasteiger partial charge in [0, 0.05) is 17.4 Å². The molecule has 0 radical (unpaired) electrons. The van der Waals surface area contributed by atoms with Gasteiger partial charge in [-0.2, -0.15) is 0 Å². The van der Waals surface area contributed by atoms with Gasteiger partial charge in [-0.15, -0.1) is 0 Å². The van der Waals surface area contributed by atoms with E-state index in [1.807, 2.05) is 0 Å². The molecule has 7 saturated carbocycles. The van der Waals surface area contributed by atoms with Gasteiger partial charge < -0.3 is 9.84 Å². The largest absolute Gasteiger partial charge is 0.389 e. The van der Waals surface area contributed by atoms with E-state index in [1.165, 1.54) is 64.2 Å². The molecule has 2 heteroatoms. The molecular weight excluding hydrogens is 332 g/mol. The van der Waals surface area contributed by atoms with Gasteiger partial charge in [-0.3, -0.25) is 0 Å². The summed E-state index contributed by atoms with van der Waals surface area (Å²) in [5, 5.41) is 12.6. The van der Waals surface area contributed by atoms with Gasteiger partial charge in [-0.1, -0.05) is 32.6 Å². The molecule has 1 saturated heterocycles. The molecule has 10 atom stereocenters. The number of hydrogen-bond acceptors (Lipinski definition) is 2. The van der Waals surface area contributed by atoms with E-state index in [0.29, 0.717) is 22.7 Å². The lowest BCUT2D eigenvalue weighted by Crippen LogP contribution is -2.77. The molecule has 1 N–H and O–H groups in total. The van der Waals surface area contributed by atoms with Crippen molar-refractivity contribution < 1.29 is 9.84 Å². The molecule has 7 aliphatic carbocycles. The van der Waals surface area contributed by atoms with Crippen molar-refractivity contribution in [3.8, 4) is 0 Å². The van der Waals surface area contributed by atoms with Crippen molar-refractivity contribution in [2.45, 2.75) is 95.2 Å². The average Bonchev–Trinajstić information content (AvgIpc) is 3.43. The fraction of sp³-hybridized carbons (Fsp3) is 1.00. The Balaban J connectivity index is 1.44. The SMILES string of the molecule is CCCC1(O)[C@H]2[C@@H]3[C@@H]4C5C([C@H]2C42CCCC2)C12CCCC52C31CCCCO1. The van der Waals surface area contributed by atoms with Crippen LogP contribution in [0.25, 0.3) is 0 Å². The molecule has 0 amide bonds. The molecule has 0 aromatic carbocycles. The van der Waals surface area contributed by atoms with Crippen molar-refractivity contribution in [1.82, 2.24) is 0 Å². The van der Waals surface area contributed by atoms with Crippen molar-refractivity contribution >= 4 is 0 Å². The minimum absolute atomic E-state index is 0.180. The van der Waals surface area contributed by atoms with Crippen LogP contribution in [-0.4, -0.2) is 22.9 Å². The van der Waals surface area contributed by atoms with E-state index < -0.39 is 0 Å². The highest BCUT2D eigenvalue weighted by molar-refractivity contribution is 5.52. The first-order valence-corrected chi connectivity index (χ1v) is 12.5. The maximum Gasteiger partial charge on any atom is 0.0782 e. The molecule has 1 heterocycles. The lowest BCUT2D eigenvalue weighted by molar-refractivity contribution is -0.340. The van der Waals surface area contributed by atoms with E-state index >= 15 is 0 Å². The van der Waals surface area contributed by atoms with Crippen LogP contribution in [0.1, 0.15) is 84.0 Å². The zero-order chi connectivity index (χ0) is 17.9. The van der Waals surface area contributed by atoms with E-state index in [2.05, 4.69) is 6.92 Å². The van der Waals surface area contributed by atoms with Crippen LogP contribution in [0.5, 0.6) is 0 Å². The Labute approximate surface area is 163 Å². The lowest BCUT2D eigenvalue weighted by atomic mass is 9.34. The maximum atomic E-state index is 12.6. The number of hydrogen-bond donors (Lipinski definition) is 1. The van der Waals surface area contributed by atoms with Crippen molar-refractivity contribution in [2.24, 2.45) is 51.8 Å². The van der Waals surface area contributed by atoms with Gasteiger partial charge in [0.1, 0.15) is 0 Å². The first kappa shape index (κ1) is 15.7. The summed E-state index contributed by atoms with van der Waals surface area (Å²) in [6.07, 6.45) is 16.2. The van der Waals surface area contributed by atoms with E-state index in [1.54, 1.807) is 0 Å². The van der Waals surface area contributed by atoms with Gasteiger partial charge in [0.05, 0.1) is 11.2 Å². The maximum absolute atomic E-state index is 12.6.